The van der Waals surface area contributed by atoms with Gasteiger partial charge < -0.3 is 20.6 Å². The van der Waals surface area contributed by atoms with Crippen LogP contribution in [0.2, 0.25) is 0 Å². The minimum Gasteiger partial charge on any atom is -0.392 e. The molecule has 1 saturated heterocycles. The molecular formula is C20H26FN5OS. The Morgan fingerprint density at radius 1 is 1.29 bits per heavy atom. The number of hydrogen-bond donors (Lipinski definition) is 2. The molecule has 3 heterocycles. The van der Waals surface area contributed by atoms with Crippen LogP contribution in [0.5, 0.6) is 0 Å². The highest BCUT2D eigenvalue weighted by atomic mass is 32.2. The summed E-state index contributed by atoms with van der Waals surface area (Å²) < 4.78 is 16.3. The average molecular weight is 404 g/mol. The molecule has 150 valence electrons. The van der Waals surface area contributed by atoms with Crippen molar-refractivity contribution in [2.75, 3.05) is 22.9 Å². The molecular weight excluding hydrogens is 377 g/mol. The van der Waals surface area contributed by atoms with Crippen molar-refractivity contribution in [2.24, 2.45) is 12.8 Å². The number of thioether (sulfide) groups is 1. The summed E-state index contributed by atoms with van der Waals surface area (Å²) in [4.78, 5) is 4.26. The predicted octanol–water partition coefficient (Wildman–Crippen LogP) is 3.31. The van der Waals surface area contributed by atoms with Crippen molar-refractivity contribution in [2.45, 2.75) is 37.2 Å². The van der Waals surface area contributed by atoms with Gasteiger partial charge in [-0.25, -0.2) is 4.39 Å². The van der Waals surface area contributed by atoms with Crippen LogP contribution < -0.4 is 15.5 Å². The Labute approximate surface area is 168 Å². The summed E-state index contributed by atoms with van der Waals surface area (Å²) in [5.74, 6) is 0.718. The summed E-state index contributed by atoms with van der Waals surface area (Å²) >= 11 is 1.43. The maximum absolute atomic E-state index is 14.5. The second-order valence-corrected chi connectivity index (χ2v) is 8.90. The lowest BCUT2D eigenvalue weighted by molar-refractivity contribution is 0.0481. The van der Waals surface area contributed by atoms with Gasteiger partial charge in [-0.2, -0.15) is 5.10 Å². The lowest BCUT2D eigenvalue weighted by Crippen LogP contribution is -2.31. The lowest BCUT2D eigenvalue weighted by Gasteiger charge is -2.30. The third-order valence-corrected chi connectivity index (χ3v) is 6.55. The molecule has 3 N–H and O–H groups in total. The minimum absolute atomic E-state index is 0.246. The first-order chi connectivity index (χ1) is 13.4. The van der Waals surface area contributed by atoms with E-state index >= 15 is 0 Å². The largest absolute Gasteiger partial charge is 0.392 e. The monoisotopic (exact) mass is 403 g/mol. The number of aliphatic hydroxyl groups is 1. The molecule has 2 aromatic rings. The number of anilines is 2. The number of aryl methyl sites for hydroxylation is 1. The van der Waals surface area contributed by atoms with Crippen LogP contribution in [0.15, 0.2) is 41.7 Å². The van der Waals surface area contributed by atoms with E-state index in [2.05, 4.69) is 10.00 Å². The van der Waals surface area contributed by atoms with Gasteiger partial charge >= 0.3 is 0 Å². The Kier molecular flexibility index (Phi) is 5.01. The summed E-state index contributed by atoms with van der Waals surface area (Å²) in [6.07, 6.45) is 6.04. The third kappa shape index (κ3) is 3.58. The molecule has 1 unspecified atom stereocenters. The molecule has 2 aliphatic rings. The molecule has 0 aliphatic carbocycles. The fourth-order valence-electron chi connectivity index (χ4n) is 3.95. The molecule has 28 heavy (non-hydrogen) atoms. The summed E-state index contributed by atoms with van der Waals surface area (Å²) in [6, 6.07) is 6.81. The predicted molar refractivity (Wildman–Crippen MR) is 111 cm³/mol. The highest BCUT2D eigenvalue weighted by Gasteiger charge is 2.34. The number of nitrogens with zero attached hydrogens (tertiary/aromatic N) is 4. The fourth-order valence-corrected chi connectivity index (χ4v) is 4.99. The van der Waals surface area contributed by atoms with Gasteiger partial charge in [0.1, 0.15) is 16.9 Å². The van der Waals surface area contributed by atoms with E-state index in [4.69, 9.17) is 5.73 Å². The van der Waals surface area contributed by atoms with Gasteiger partial charge in [0, 0.05) is 31.9 Å². The number of benzene rings is 1. The molecule has 1 aromatic carbocycles. The minimum atomic E-state index is -0.642. The average Bonchev–Trinajstić information content (AvgIpc) is 3.15. The van der Waals surface area contributed by atoms with Crippen LogP contribution in [-0.2, 0) is 7.05 Å². The summed E-state index contributed by atoms with van der Waals surface area (Å²) in [7, 11) is 1.91. The van der Waals surface area contributed by atoms with Crippen LogP contribution in [0, 0.1) is 5.82 Å². The zero-order chi connectivity index (χ0) is 19.9. The molecule has 0 spiro atoms. The molecule has 0 amide bonds. The molecule has 4 rings (SSSR count). The van der Waals surface area contributed by atoms with Crippen molar-refractivity contribution in [3.05, 3.63) is 53.1 Å². The topological polar surface area (TPSA) is 70.5 Å². The van der Waals surface area contributed by atoms with Crippen molar-refractivity contribution >= 4 is 23.3 Å². The fraction of sp³-hybridized carbons (Fsp3) is 0.450. The Hall–Kier alpha value is -2.19. The summed E-state index contributed by atoms with van der Waals surface area (Å²) in [5, 5.41) is 15.3. The first-order valence-corrected chi connectivity index (χ1v) is 10.4. The number of rotatable bonds is 3. The van der Waals surface area contributed by atoms with Crippen molar-refractivity contribution in [3.63, 3.8) is 0 Å². The van der Waals surface area contributed by atoms with Crippen LogP contribution in [0.3, 0.4) is 0 Å². The Morgan fingerprint density at radius 3 is 2.86 bits per heavy atom. The number of nitrogens with two attached hydrogens (primary N) is 1. The molecule has 1 fully saturated rings. The zero-order valence-corrected chi connectivity index (χ0v) is 17.0. The molecule has 0 radical (unpaired) electrons. The van der Waals surface area contributed by atoms with E-state index in [-0.39, 0.29) is 11.2 Å². The van der Waals surface area contributed by atoms with Gasteiger partial charge in [0.25, 0.3) is 0 Å². The highest BCUT2D eigenvalue weighted by Crippen LogP contribution is 2.47. The van der Waals surface area contributed by atoms with Gasteiger partial charge in [0.05, 0.1) is 16.8 Å². The molecule has 0 bridgehead atoms. The summed E-state index contributed by atoms with van der Waals surface area (Å²) in [5.41, 5.74) is 6.97. The van der Waals surface area contributed by atoms with Gasteiger partial charge in [-0.05, 0) is 32.3 Å². The number of aromatic nitrogens is 2. The van der Waals surface area contributed by atoms with Crippen LogP contribution in [0.4, 0.5) is 15.9 Å². The second-order valence-electron chi connectivity index (χ2n) is 7.75. The normalized spacial score (nSPS) is 25.7. The zero-order valence-electron chi connectivity index (χ0n) is 16.2. The van der Waals surface area contributed by atoms with Gasteiger partial charge in [-0.3, -0.25) is 4.68 Å². The Bertz CT molecular complexity index is 896. The van der Waals surface area contributed by atoms with E-state index in [1.807, 2.05) is 42.0 Å². The lowest BCUT2D eigenvalue weighted by atomic mass is 9.98. The van der Waals surface area contributed by atoms with E-state index in [0.29, 0.717) is 17.0 Å². The third-order valence-electron chi connectivity index (χ3n) is 5.47. The maximum atomic E-state index is 14.5. The van der Waals surface area contributed by atoms with Gasteiger partial charge in [-0.1, -0.05) is 30.0 Å². The first-order valence-electron chi connectivity index (χ1n) is 9.52. The smallest absolute Gasteiger partial charge is 0.150 e. The number of hydrogen-bond acceptors (Lipinski definition) is 6. The van der Waals surface area contributed by atoms with Crippen molar-refractivity contribution in [3.8, 4) is 0 Å². The molecule has 1 aromatic heterocycles. The summed E-state index contributed by atoms with van der Waals surface area (Å²) in [6.45, 7) is 3.48. The Balaban J connectivity index is 1.70. The quantitative estimate of drug-likeness (QED) is 0.819. The molecule has 2 atom stereocenters. The number of halogens is 1. The van der Waals surface area contributed by atoms with Crippen LogP contribution in [0.1, 0.15) is 37.1 Å². The molecule has 8 heteroatoms. The van der Waals surface area contributed by atoms with Crippen LogP contribution in [-0.4, -0.2) is 33.6 Å². The van der Waals surface area contributed by atoms with E-state index in [1.54, 1.807) is 12.1 Å². The maximum Gasteiger partial charge on any atom is 0.150 e. The van der Waals surface area contributed by atoms with Crippen molar-refractivity contribution < 1.29 is 9.50 Å². The molecule has 2 aliphatic heterocycles. The van der Waals surface area contributed by atoms with E-state index in [1.165, 1.54) is 17.8 Å². The van der Waals surface area contributed by atoms with E-state index in [9.17, 15) is 9.50 Å². The van der Waals surface area contributed by atoms with Gasteiger partial charge in [-0.15, -0.1) is 0 Å². The molecule has 0 saturated carbocycles. The van der Waals surface area contributed by atoms with Crippen molar-refractivity contribution in [1.29, 1.82) is 0 Å². The SMILES string of the molecule is Cn1ncc(N2C=C(N)S[C@H]2c2ccccc2F)c1N1CCCC(C)(O)CC1. The van der Waals surface area contributed by atoms with Crippen LogP contribution >= 0.6 is 11.8 Å². The standard InChI is InChI=1S/C20H26FN5OS/c1-20(27)8-5-10-25(11-9-20)18-16(12-23-24(18)2)26-13-17(22)28-19(26)14-6-3-4-7-15(14)21/h3-4,6-7,12-13,19,27H,5,8-11,22H2,1-2H3/t19-,20?/m0/s1. The highest BCUT2D eigenvalue weighted by molar-refractivity contribution is 8.03. The van der Waals surface area contributed by atoms with E-state index in [0.717, 1.165) is 37.4 Å². The Morgan fingerprint density at radius 2 is 2.07 bits per heavy atom. The van der Waals surface area contributed by atoms with Crippen LogP contribution in [0.25, 0.3) is 0 Å². The van der Waals surface area contributed by atoms with Gasteiger partial charge in [0.2, 0.25) is 0 Å². The van der Waals surface area contributed by atoms with Gasteiger partial charge in [0.15, 0.2) is 5.82 Å². The molecule has 6 nitrogen and oxygen atoms in total. The first kappa shape index (κ1) is 19.1. The van der Waals surface area contributed by atoms with E-state index < -0.39 is 5.60 Å². The second kappa shape index (κ2) is 7.33. The van der Waals surface area contributed by atoms with Crippen molar-refractivity contribution in [1.82, 2.24) is 9.78 Å².